The molecule has 1 amide bonds. The molecule has 0 saturated heterocycles. The fourth-order valence-corrected chi connectivity index (χ4v) is 2.46. The molecule has 0 radical (unpaired) electrons. The summed E-state index contributed by atoms with van der Waals surface area (Å²) < 4.78 is 15.2. The van der Waals surface area contributed by atoms with E-state index < -0.39 is 16.5 Å². The SMILES string of the molecule is COc1ccc(CC(=O)N/N=C/c2ccc(O)c(OC)c2[N+](=O)[O-])cc1OC. The summed E-state index contributed by atoms with van der Waals surface area (Å²) in [6, 6.07) is 7.58. The number of nitrogens with one attached hydrogen (secondary N) is 1. The summed E-state index contributed by atoms with van der Waals surface area (Å²) in [5, 5.41) is 24.6. The molecule has 0 heterocycles. The molecule has 2 aromatic carbocycles. The number of phenolic OH excluding ortho intramolecular Hbond substituents is 1. The van der Waals surface area contributed by atoms with Crippen LogP contribution in [-0.2, 0) is 11.2 Å². The average molecular weight is 389 g/mol. The van der Waals surface area contributed by atoms with Gasteiger partial charge in [0.2, 0.25) is 11.7 Å². The maximum atomic E-state index is 12.1. The first-order valence-electron chi connectivity index (χ1n) is 7.98. The minimum atomic E-state index is -0.703. The lowest BCUT2D eigenvalue weighted by Gasteiger charge is -2.09. The molecule has 0 atom stereocenters. The topological polar surface area (TPSA) is 133 Å². The van der Waals surface area contributed by atoms with E-state index in [0.717, 1.165) is 6.21 Å². The van der Waals surface area contributed by atoms with Crippen molar-refractivity contribution in [3.05, 3.63) is 51.6 Å². The minimum absolute atomic E-state index is 0.0126. The van der Waals surface area contributed by atoms with Crippen molar-refractivity contribution in [1.29, 1.82) is 0 Å². The van der Waals surface area contributed by atoms with E-state index in [1.807, 2.05) is 0 Å². The second-order valence-electron chi connectivity index (χ2n) is 5.47. The maximum Gasteiger partial charge on any atom is 0.323 e. The molecule has 0 aromatic heterocycles. The molecule has 0 bridgehead atoms. The molecule has 0 fully saturated rings. The third-order valence-corrected chi connectivity index (χ3v) is 3.73. The number of carbonyl (C=O) groups is 1. The Morgan fingerprint density at radius 2 is 1.89 bits per heavy atom. The number of methoxy groups -OCH3 is 3. The molecule has 0 aliphatic carbocycles. The van der Waals surface area contributed by atoms with Crippen LogP contribution >= 0.6 is 0 Å². The van der Waals surface area contributed by atoms with Gasteiger partial charge in [-0.15, -0.1) is 0 Å². The van der Waals surface area contributed by atoms with Crippen LogP contribution in [0.25, 0.3) is 0 Å². The Balaban J connectivity index is 2.11. The number of aromatic hydroxyl groups is 1. The molecule has 0 unspecified atom stereocenters. The number of benzene rings is 2. The van der Waals surface area contributed by atoms with Crippen molar-refractivity contribution in [1.82, 2.24) is 5.43 Å². The van der Waals surface area contributed by atoms with Crippen LogP contribution in [-0.4, -0.2) is 43.5 Å². The van der Waals surface area contributed by atoms with Crippen LogP contribution in [0.5, 0.6) is 23.0 Å². The van der Waals surface area contributed by atoms with Crippen molar-refractivity contribution in [3.63, 3.8) is 0 Å². The molecule has 2 N–H and O–H groups in total. The lowest BCUT2D eigenvalue weighted by Crippen LogP contribution is -2.19. The first-order chi connectivity index (χ1) is 13.4. The number of hydrogen-bond acceptors (Lipinski definition) is 8. The standard InChI is InChI=1S/C18H19N3O7/c1-26-14-7-4-11(8-15(14)27-2)9-16(23)20-19-10-12-5-6-13(22)18(28-3)17(12)21(24)25/h4-8,10,22H,9H2,1-3H3,(H,20,23)/b19-10+. The summed E-state index contributed by atoms with van der Waals surface area (Å²) in [4.78, 5) is 22.6. The molecule has 10 heteroatoms. The number of rotatable bonds is 8. The van der Waals surface area contributed by atoms with Crippen molar-refractivity contribution in [2.45, 2.75) is 6.42 Å². The molecule has 2 aromatic rings. The van der Waals surface area contributed by atoms with Crippen molar-refractivity contribution in [2.75, 3.05) is 21.3 Å². The maximum absolute atomic E-state index is 12.1. The smallest absolute Gasteiger partial charge is 0.323 e. The highest BCUT2D eigenvalue weighted by atomic mass is 16.6. The Hall–Kier alpha value is -3.82. The number of phenols is 1. The predicted octanol–water partition coefficient (Wildman–Crippen LogP) is 2.02. The number of hydrogen-bond donors (Lipinski definition) is 2. The van der Waals surface area contributed by atoms with Crippen molar-refractivity contribution < 1.29 is 29.0 Å². The number of amides is 1. The normalized spacial score (nSPS) is 10.5. The van der Waals surface area contributed by atoms with Crippen molar-refractivity contribution >= 4 is 17.8 Å². The third-order valence-electron chi connectivity index (χ3n) is 3.73. The summed E-state index contributed by atoms with van der Waals surface area (Å²) in [6.45, 7) is 0. The van der Waals surface area contributed by atoms with Gasteiger partial charge in [0.05, 0.1) is 44.5 Å². The fourth-order valence-electron chi connectivity index (χ4n) is 2.46. The Bertz CT molecular complexity index is 912. The highest BCUT2D eigenvalue weighted by Crippen LogP contribution is 2.37. The van der Waals surface area contributed by atoms with Gasteiger partial charge in [-0.2, -0.15) is 5.10 Å². The number of nitro groups is 1. The van der Waals surface area contributed by atoms with Crippen LogP contribution in [0, 0.1) is 10.1 Å². The number of hydrazone groups is 1. The molecule has 28 heavy (non-hydrogen) atoms. The van der Waals surface area contributed by atoms with Crippen molar-refractivity contribution in [3.8, 4) is 23.0 Å². The van der Waals surface area contributed by atoms with Gasteiger partial charge in [-0.25, -0.2) is 5.43 Å². The second kappa shape index (κ2) is 9.21. The van der Waals surface area contributed by atoms with Gasteiger partial charge in [-0.1, -0.05) is 6.07 Å². The predicted molar refractivity (Wildman–Crippen MR) is 100 cm³/mol. The number of ether oxygens (including phenoxy) is 3. The summed E-state index contributed by atoms with van der Waals surface area (Å²) in [5.41, 5.74) is 2.57. The zero-order valence-corrected chi connectivity index (χ0v) is 15.5. The van der Waals surface area contributed by atoms with E-state index in [1.54, 1.807) is 18.2 Å². The molecule has 0 aliphatic rings. The number of carbonyl (C=O) groups excluding carboxylic acids is 1. The van der Waals surface area contributed by atoms with Gasteiger partial charge in [0.25, 0.3) is 0 Å². The Kier molecular flexibility index (Phi) is 6.74. The van der Waals surface area contributed by atoms with Crippen LogP contribution in [0.4, 0.5) is 5.69 Å². The summed E-state index contributed by atoms with van der Waals surface area (Å²) in [7, 11) is 4.20. The van der Waals surface area contributed by atoms with Gasteiger partial charge in [-0.3, -0.25) is 14.9 Å². The van der Waals surface area contributed by atoms with Crippen LogP contribution in [0.15, 0.2) is 35.4 Å². The van der Waals surface area contributed by atoms with E-state index in [9.17, 15) is 20.0 Å². The van der Waals surface area contributed by atoms with Gasteiger partial charge in [0.1, 0.15) is 0 Å². The lowest BCUT2D eigenvalue weighted by atomic mass is 10.1. The van der Waals surface area contributed by atoms with Crippen LogP contribution in [0.3, 0.4) is 0 Å². The fraction of sp³-hybridized carbons (Fsp3) is 0.222. The second-order valence-corrected chi connectivity index (χ2v) is 5.47. The van der Waals surface area contributed by atoms with Crippen molar-refractivity contribution in [2.24, 2.45) is 5.10 Å². The molecular weight excluding hydrogens is 370 g/mol. The van der Waals surface area contributed by atoms with Gasteiger partial charge < -0.3 is 19.3 Å². The van der Waals surface area contributed by atoms with Crippen LogP contribution in [0.2, 0.25) is 0 Å². The summed E-state index contributed by atoms with van der Waals surface area (Å²) in [6.07, 6.45) is 1.12. The number of nitro benzene ring substituents is 1. The molecular formula is C18H19N3O7. The van der Waals surface area contributed by atoms with E-state index >= 15 is 0 Å². The first kappa shape index (κ1) is 20.5. The largest absolute Gasteiger partial charge is 0.504 e. The molecule has 148 valence electrons. The minimum Gasteiger partial charge on any atom is -0.504 e. The van der Waals surface area contributed by atoms with E-state index in [1.165, 1.54) is 33.5 Å². The Labute approximate surface area is 160 Å². The van der Waals surface area contributed by atoms with Gasteiger partial charge in [0, 0.05) is 0 Å². The van der Waals surface area contributed by atoms with E-state index in [2.05, 4.69) is 10.5 Å². The van der Waals surface area contributed by atoms with E-state index in [4.69, 9.17) is 14.2 Å². The highest BCUT2D eigenvalue weighted by molar-refractivity contribution is 5.89. The monoisotopic (exact) mass is 389 g/mol. The molecule has 2 rings (SSSR count). The van der Waals surface area contributed by atoms with Gasteiger partial charge in [0.15, 0.2) is 17.2 Å². The first-order valence-corrected chi connectivity index (χ1v) is 7.98. The molecule has 0 spiro atoms. The van der Waals surface area contributed by atoms with Gasteiger partial charge in [-0.05, 0) is 29.8 Å². The summed E-state index contributed by atoms with van der Waals surface area (Å²) >= 11 is 0. The molecule has 0 aliphatic heterocycles. The highest BCUT2D eigenvalue weighted by Gasteiger charge is 2.23. The summed E-state index contributed by atoms with van der Waals surface area (Å²) in [5.74, 6) is -0.0623. The Morgan fingerprint density at radius 3 is 2.50 bits per heavy atom. The lowest BCUT2D eigenvalue weighted by molar-refractivity contribution is -0.386. The van der Waals surface area contributed by atoms with E-state index in [-0.39, 0.29) is 23.5 Å². The molecule has 10 nitrogen and oxygen atoms in total. The van der Waals surface area contributed by atoms with Crippen LogP contribution in [0.1, 0.15) is 11.1 Å². The third kappa shape index (κ3) is 4.67. The zero-order valence-electron chi connectivity index (χ0n) is 15.5. The van der Waals surface area contributed by atoms with E-state index in [0.29, 0.717) is 17.1 Å². The van der Waals surface area contributed by atoms with Crippen LogP contribution < -0.4 is 19.6 Å². The zero-order chi connectivity index (χ0) is 20.7. The quantitative estimate of drug-likeness (QED) is 0.401. The average Bonchev–Trinajstić information content (AvgIpc) is 2.68. The Morgan fingerprint density at radius 1 is 1.18 bits per heavy atom. The molecule has 0 saturated carbocycles. The van der Waals surface area contributed by atoms with Gasteiger partial charge >= 0.3 is 5.69 Å². The number of nitrogens with zero attached hydrogens (tertiary/aromatic N) is 2.